The molecular formula is C16H19N3O2. The standard InChI is InChI=1S/C16H19N3O2/c1-12-10-15(18-21-12)11-17-14-6-4-13(5-7-14)16(20)19-8-2-3-9-19/h4-7,10,17H,2-3,8-9,11H2,1H3. The molecule has 0 saturated carbocycles. The van der Waals surface area contributed by atoms with E-state index in [1.54, 1.807) is 0 Å². The van der Waals surface area contributed by atoms with Crippen LogP contribution in [0.1, 0.15) is 34.7 Å². The Hall–Kier alpha value is -2.30. The minimum Gasteiger partial charge on any atom is -0.379 e. The van der Waals surface area contributed by atoms with Crippen molar-refractivity contribution in [3.8, 4) is 0 Å². The summed E-state index contributed by atoms with van der Waals surface area (Å²) in [7, 11) is 0. The van der Waals surface area contributed by atoms with Gasteiger partial charge in [-0.3, -0.25) is 4.79 Å². The molecule has 1 fully saturated rings. The van der Waals surface area contributed by atoms with E-state index in [2.05, 4.69) is 10.5 Å². The van der Waals surface area contributed by atoms with Crippen LogP contribution in [-0.4, -0.2) is 29.1 Å². The van der Waals surface area contributed by atoms with E-state index in [0.29, 0.717) is 6.54 Å². The predicted octanol–water partition coefficient (Wildman–Crippen LogP) is 2.83. The number of hydrogen-bond acceptors (Lipinski definition) is 4. The average Bonchev–Trinajstić information content (AvgIpc) is 3.16. The Morgan fingerprint density at radius 3 is 2.62 bits per heavy atom. The Bertz CT molecular complexity index is 613. The molecule has 0 radical (unpaired) electrons. The van der Waals surface area contributed by atoms with E-state index < -0.39 is 0 Å². The molecule has 1 amide bonds. The number of nitrogens with zero attached hydrogens (tertiary/aromatic N) is 2. The second kappa shape index (κ2) is 5.99. The van der Waals surface area contributed by atoms with E-state index in [0.717, 1.165) is 48.6 Å². The van der Waals surface area contributed by atoms with Crippen molar-refractivity contribution in [1.29, 1.82) is 0 Å². The topological polar surface area (TPSA) is 58.4 Å². The summed E-state index contributed by atoms with van der Waals surface area (Å²) in [5.74, 6) is 0.935. The van der Waals surface area contributed by atoms with Crippen molar-refractivity contribution in [2.24, 2.45) is 0 Å². The van der Waals surface area contributed by atoms with Crippen molar-refractivity contribution in [2.75, 3.05) is 18.4 Å². The molecule has 0 spiro atoms. The molecule has 110 valence electrons. The summed E-state index contributed by atoms with van der Waals surface area (Å²) in [6.45, 7) is 4.24. The number of hydrogen-bond donors (Lipinski definition) is 1. The van der Waals surface area contributed by atoms with Gasteiger partial charge in [-0.15, -0.1) is 0 Å². The van der Waals surface area contributed by atoms with Gasteiger partial charge >= 0.3 is 0 Å². The van der Waals surface area contributed by atoms with Crippen LogP contribution < -0.4 is 5.32 Å². The van der Waals surface area contributed by atoms with Crippen LogP contribution in [0.2, 0.25) is 0 Å². The summed E-state index contributed by atoms with van der Waals surface area (Å²) in [6, 6.07) is 9.50. The van der Waals surface area contributed by atoms with Gasteiger partial charge in [0.1, 0.15) is 11.5 Å². The number of aryl methyl sites for hydroxylation is 1. The van der Waals surface area contributed by atoms with Crippen LogP contribution in [0.15, 0.2) is 34.9 Å². The maximum atomic E-state index is 12.2. The highest BCUT2D eigenvalue weighted by atomic mass is 16.5. The first-order valence-electron chi connectivity index (χ1n) is 7.28. The third-order valence-corrected chi connectivity index (χ3v) is 3.68. The van der Waals surface area contributed by atoms with Crippen molar-refractivity contribution in [1.82, 2.24) is 10.1 Å². The first kappa shape index (κ1) is 13.7. The van der Waals surface area contributed by atoms with Gasteiger partial charge in [0.25, 0.3) is 5.91 Å². The molecular weight excluding hydrogens is 266 g/mol. The number of aromatic nitrogens is 1. The average molecular weight is 285 g/mol. The lowest BCUT2D eigenvalue weighted by Crippen LogP contribution is -2.27. The molecule has 0 aliphatic carbocycles. The van der Waals surface area contributed by atoms with Crippen molar-refractivity contribution >= 4 is 11.6 Å². The minimum atomic E-state index is 0.131. The number of benzene rings is 1. The predicted molar refractivity (Wildman–Crippen MR) is 80.1 cm³/mol. The molecule has 21 heavy (non-hydrogen) atoms. The lowest BCUT2D eigenvalue weighted by atomic mass is 10.2. The molecule has 1 saturated heterocycles. The van der Waals surface area contributed by atoms with Crippen LogP contribution in [0.5, 0.6) is 0 Å². The molecule has 1 aliphatic heterocycles. The summed E-state index contributed by atoms with van der Waals surface area (Å²) in [5.41, 5.74) is 2.58. The van der Waals surface area contributed by atoms with E-state index in [1.165, 1.54) is 0 Å². The van der Waals surface area contributed by atoms with Crippen molar-refractivity contribution < 1.29 is 9.32 Å². The Kier molecular flexibility index (Phi) is 3.90. The number of anilines is 1. The highest BCUT2D eigenvalue weighted by Gasteiger charge is 2.19. The molecule has 0 bridgehead atoms. The van der Waals surface area contributed by atoms with Gasteiger partial charge in [0.15, 0.2) is 0 Å². The first-order valence-corrected chi connectivity index (χ1v) is 7.28. The smallest absolute Gasteiger partial charge is 0.253 e. The number of carbonyl (C=O) groups excluding carboxylic acids is 1. The minimum absolute atomic E-state index is 0.131. The van der Waals surface area contributed by atoms with E-state index in [9.17, 15) is 4.79 Å². The van der Waals surface area contributed by atoms with Crippen LogP contribution in [0.4, 0.5) is 5.69 Å². The SMILES string of the molecule is Cc1cc(CNc2ccc(C(=O)N3CCCC3)cc2)no1. The summed E-state index contributed by atoms with van der Waals surface area (Å²) >= 11 is 0. The Labute approximate surface area is 123 Å². The Morgan fingerprint density at radius 2 is 2.00 bits per heavy atom. The van der Waals surface area contributed by atoms with E-state index in [4.69, 9.17) is 4.52 Å². The second-order valence-electron chi connectivity index (χ2n) is 5.36. The fourth-order valence-electron chi connectivity index (χ4n) is 2.53. The molecule has 1 N–H and O–H groups in total. The molecule has 2 heterocycles. The monoisotopic (exact) mass is 285 g/mol. The third-order valence-electron chi connectivity index (χ3n) is 3.68. The normalized spacial score (nSPS) is 14.4. The Morgan fingerprint density at radius 1 is 1.29 bits per heavy atom. The zero-order valence-electron chi connectivity index (χ0n) is 12.1. The number of nitrogens with one attached hydrogen (secondary N) is 1. The third kappa shape index (κ3) is 3.24. The van der Waals surface area contributed by atoms with Gasteiger partial charge in [-0.1, -0.05) is 5.16 Å². The molecule has 2 aromatic rings. The van der Waals surface area contributed by atoms with Gasteiger partial charge in [0.05, 0.1) is 6.54 Å². The maximum absolute atomic E-state index is 12.2. The molecule has 1 aromatic heterocycles. The van der Waals surface area contributed by atoms with Gasteiger partial charge in [0, 0.05) is 30.4 Å². The number of carbonyl (C=O) groups is 1. The molecule has 3 rings (SSSR count). The van der Waals surface area contributed by atoms with Gasteiger partial charge in [-0.2, -0.15) is 0 Å². The fourth-order valence-corrected chi connectivity index (χ4v) is 2.53. The van der Waals surface area contributed by atoms with Crippen molar-refractivity contribution in [3.63, 3.8) is 0 Å². The van der Waals surface area contributed by atoms with Gasteiger partial charge in [-0.05, 0) is 44.0 Å². The van der Waals surface area contributed by atoms with Crippen LogP contribution in [0, 0.1) is 6.92 Å². The molecule has 5 nitrogen and oxygen atoms in total. The van der Waals surface area contributed by atoms with Gasteiger partial charge < -0.3 is 14.7 Å². The lowest BCUT2D eigenvalue weighted by Gasteiger charge is -2.15. The van der Waals surface area contributed by atoms with Gasteiger partial charge in [0.2, 0.25) is 0 Å². The summed E-state index contributed by atoms with van der Waals surface area (Å²) in [4.78, 5) is 14.1. The van der Waals surface area contributed by atoms with Gasteiger partial charge in [-0.25, -0.2) is 0 Å². The van der Waals surface area contributed by atoms with E-state index >= 15 is 0 Å². The quantitative estimate of drug-likeness (QED) is 0.938. The molecule has 0 unspecified atom stereocenters. The highest BCUT2D eigenvalue weighted by molar-refractivity contribution is 5.94. The molecule has 1 aliphatic rings. The fraction of sp³-hybridized carbons (Fsp3) is 0.375. The van der Waals surface area contributed by atoms with E-state index in [-0.39, 0.29) is 5.91 Å². The zero-order valence-corrected chi connectivity index (χ0v) is 12.1. The van der Waals surface area contributed by atoms with Crippen molar-refractivity contribution in [2.45, 2.75) is 26.3 Å². The summed E-state index contributed by atoms with van der Waals surface area (Å²) < 4.78 is 5.02. The summed E-state index contributed by atoms with van der Waals surface area (Å²) in [5, 5.41) is 7.19. The Balaban J connectivity index is 1.59. The number of rotatable bonds is 4. The van der Waals surface area contributed by atoms with Crippen LogP contribution in [0.3, 0.4) is 0 Å². The highest BCUT2D eigenvalue weighted by Crippen LogP contribution is 2.16. The largest absolute Gasteiger partial charge is 0.379 e. The first-order chi connectivity index (χ1) is 10.2. The van der Waals surface area contributed by atoms with Crippen LogP contribution in [-0.2, 0) is 6.54 Å². The maximum Gasteiger partial charge on any atom is 0.253 e. The van der Waals surface area contributed by atoms with Crippen LogP contribution >= 0.6 is 0 Å². The molecule has 1 aromatic carbocycles. The number of amides is 1. The second-order valence-corrected chi connectivity index (χ2v) is 5.36. The van der Waals surface area contributed by atoms with Crippen LogP contribution in [0.25, 0.3) is 0 Å². The zero-order chi connectivity index (χ0) is 14.7. The summed E-state index contributed by atoms with van der Waals surface area (Å²) in [6.07, 6.45) is 2.23. The molecule has 5 heteroatoms. The molecule has 0 atom stereocenters. The van der Waals surface area contributed by atoms with Crippen molar-refractivity contribution in [3.05, 3.63) is 47.3 Å². The number of likely N-dealkylation sites (tertiary alicyclic amines) is 1. The lowest BCUT2D eigenvalue weighted by molar-refractivity contribution is 0.0793. The van der Waals surface area contributed by atoms with E-state index in [1.807, 2.05) is 42.2 Å².